The van der Waals surface area contributed by atoms with E-state index in [9.17, 15) is 4.79 Å². The van der Waals surface area contributed by atoms with Crippen LogP contribution in [-0.4, -0.2) is 29.0 Å². The molecule has 3 N–H and O–H groups in total. The van der Waals surface area contributed by atoms with E-state index in [4.69, 9.17) is 0 Å². The third kappa shape index (κ3) is 5.58. The van der Waals surface area contributed by atoms with Gasteiger partial charge in [-0.05, 0) is 50.3 Å². The van der Waals surface area contributed by atoms with Crippen LogP contribution in [0.15, 0.2) is 36.5 Å². The van der Waals surface area contributed by atoms with Crippen LogP contribution in [0.2, 0.25) is 0 Å². The molecule has 1 aromatic carbocycles. The molecular weight excluding hydrogens is 348 g/mol. The van der Waals surface area contributed by atoms with Crippen molar-refractivity contribution in [1.29, 1.82) is 0 Å². The third-order valence-corrected chi connectivity index (χ3v) is 4.99. The Morgan fingerprint density at radius 1 is 1.27 bits per heavy atom. The fourth-order valence-corrected chi connectivity index (χ4v) is 3.41. The highest BCUT2D eigenvalue weighted by atomic mass is 35.5. The molecule has 0 radical (unpaired) electrons. The number of benzene rings is 1. The molecule has 0 aliphatic carbocycles. The van der Waals surface area contributed by atoms with E-state index in [1.165, 1.54) is 12.8 Å². The quantitative estimate of drug-likeness (QED) is 0.687. The molecule has 6 heteroatoms. The van der Waals surface area contributed by atoms with Crippen molar-refractivity contribution in [3.8, 4) is 11.3 Å². The zero-order valence-electron chi connectivity index (χ0n) is 15.3. The lowest BCUT2D eigenvalue weighted by atomic mass is 9.93. The normalized spacial score (nSPS) is 15.9. The molecule has 0 spiro atoms. The Kier molecular flexibility index (Phi) is 8.13. The molecule has 142 valence electrons. The highest BCUT2D eigenvalue weighted by Crippen LogP contribution is 2.21. The molecular formula is C20H29ClN4O. The van der Waals surface area contributed by atoms with Crippen molar-refractivity contribution in [3.63, 3.8) is 0 Å². The molecule has 1 fully saturated rings. The number of H-pyrrole nitrogens is 1. The molecule has 1 aromatic heterocycles. The summed E-state index contributed by atoms with van der Waals surface area (Å²) in [6.07, 6.45) is 6.62. The Hall–Kier alpha value is -1.85. The van der Waals surface area contributed by atoms with E-state index in [-0.39, 0.29) is 24.4 Å². The van der Waals surface area contributed by atoms with Gasteiger partial charge in [-0.15, -0.1) is 12.4 Å². The first-order valence-corrected chi connectivity index (χ1v) is 9.36. The Morgan fingerprint density at radius 2 is 2.00 bits per heavy atom. The smallest absolute Gasteiger partial charge is 0.220 e. The number of aromatic amines is 1. The summed E-state index contributed by atoms with van der Waals surface area (Å²) in [5, 5.41) is 6.51. The van der Waals surface area contributed by atoms with Crippen molar-refractivity contribution in [3.05, 3.63) is 42.4 Å². The molecule has 1 saturated heterocycles. The Morgan fingerprint density at radius 3 is 2.69 bits per heavy atom. The molecule has 26 heavy (non-hydrogen) atoms. The van der Waals surface area contributed by atoms with Gasteiger partial charge >= 0.3 is 0 Å². The first kappa shape index (κ1) is 20.5. The monoisotopic (exact) mass is 376 g/mol. The van der Waals surface area contributed by atoms with Gasteiger partial charge in [-0.1, -0.05) is 37.3 Å². The Labute approximate surface area is 161 Å². The lowest BCUT2D eigenvalue weighted by molar-refractivity contribution is -0.122. The van der Waals surface area contributed by atoms with E-state index in [1.807, 2.05) is 24.4 Å². The first-order valence-electron chi connectivity index (χ1n) is 9.36. The first-order chi connectivity index (χ1) is 12.3. The highest BCUT2D eigenvalue weighted by molar-refractivity contribution is 5.85. The zero-order valence-corrected chi connectivity index (χ0v) is 16.1. The van der Waals surface area contributed by atoms with E-state index in [0.717, 1.165) is 43.0 Å². The number of halogens is 1. The number of nitrogens with one attached hydrogen (secondary N) is 3. The van der Waals surface area contributed by atoms with Gasteiger partial charge in [0.15, 0.2) is 0 Å². The molecule has 1 aliphatic heterocycles. The van der Waals surface area contributed by atoms with Crippen LogP contribution in [0.5, 0.6) is 0 Å². The summed E-state index contributed by atoms with van der Waals surface area (Å²) >= 11 is 0. The van der Waals surface area contributed by atoms with Crippen molar-refractivity contribution >= 4 is 18.3 Å². The molecule has 2 heterocycles. The number of carbonyl (C=O) groups is 1. The number of imidazole rings is 1. The third-order valence-electron chi connectivity index (χ3n) is 4.99. The van der Waals surface area contributed by atoms with Gasteiger partial charge in [-0.25, -0.2) is 4.98 Å². The number of rotatable bonds is 7. The van der Waals surface area contributed by atoms with Gasteiger partial charge in [0.1, 0.15) is 5.82 Å². The van der Waals surface area contributed by atoms with Crippen molar-refractivity contribution in [1.82, 2.24) is 20.6 Å². The molecule has 1 unspecified atom stereocenters. The van der Waals surface area contributed by atoms with Crippen LogP contribution in [0, 0.1) is 5.92 Å². The minimum atomic E-state index is -0.0574. The van der Waals surface area contributed by atoms with Crippen molar-refractivity contribution in [2.45, 2.75) is 45.1 Å². The lowest BCUT2D eigenvalue weighted by Gasteiger charge is -2.22. The summed E-state index contributed by atoms with van der Waals surface area (Å²) in [6.45, 7) is 4.24. The summed E-state index contributed by atoms with van der Waals surface area (Å²) in [5.41, 5.74) is 2.09. The molecule has 1 aliphatic rings. The summed E-state index contributed by atoms with van der Waals surface area (Å²) in [7, 11) is 0. The molecule has 0 saturated carbocycles. The molecule has 5 nitrogen and oxygen atoms in total. The lowest BCUT2D eigenvalue weighted by Crippen LogP contribution is -2.31. The zero-order chi connectivity index (χ0) is 17.5. The maximum atomic E-state index is 12.3. The number of piperidine rings is 1. The average Bonchev–Trinajstić information content (AvgIpc) is 3.16. The second-order valence-corrected chi connectivity index (χ2v) is 6.81. The number of aromatic nitrogens is 2. The van der Waals surface area contributed by atoms with Gasteiger partial charge in [0, 0.05) is 6.42 Å². The number of hydrogen-bond acceptors (Lipinski definition) is 3. The molecule has 2 aromatic rings. The van der Waals surface area contributed by atoms with Gasteiger partial charge in [-0.2, -0.15) is 0 Å². The second-order valence-electron chi connectivity index (χ2n) is 6.81. The summed E-state index contributed by atoms with van der Waals surface area (Å²) in [5.74, 6) is 1.64. The van der Waals surface area contributed by atoms with Crippen LogP contribution in [0.4, 0.5) is 0 Å². The Bertz CT molecular complexity index is 667. The van der Waals surface area contributed by atoms with Crippen molar-refractivity contribution in [2.75, 3.05) is 13.1 Å². The van der Waals surface area contributed by atoms with Gasteiger partial charge in [0.2, 0.25) is 5.91 Å². The standard InChI is InChI=1S/C20H28N4O.ClH/c1-2-17(23-19(25)9-8-15-10-12-21-13-11-15)20-22-14-18(24-20)16-6-4-3-5-7-16;/h3-7,14-15,17,21H,2,8-13H2,1H3,(H,22,24)(H,23,25);1H. The summed E-state index contributed by atoms with van der Waals surface area (Å²) < 4.78 is 0. The summed E-state index contributed by atoms with van der Waals surface area (Å²) in [4.78, 5) is 20.2. The largest absolute Gasteiger partial charge is 0.346 e. The van der Waals surface area contributed by atoms with Gasteiger partial charge in [0.25, 0.3) is 0 Å². The van der Waals surface area contributed by atoms with Crippen molar-refractivity contribution in [2.24, 2.45) is 5.92 Å². The fraction of sp³-hybridized carbons (Fsp3) is 0.500. The van der Waals surface area contributed by atoms with Crippen LogP contribution < -0.4 is 10.6 Å². The predicted octanol–water partition coefficient (Wildman–Crippen LogP) is 3.85. The maximum Gasteiger partial charge on any atom is 0.220 e. The average molecular weight is 377 g/mol. The van der Waals surface area contributed by atoms with Gasteiger partial charge < -0.3 is 15.6 Å². The van der Waals surface area contributed by atoms with E-state index >= 15 is 0 Å². The molecule has 1 atom stereocenters. The molecule has 3 rings (SSSR count). The predicted molar refractivity (Wildman–Crippen MR) is 107 cm³/mol. The van der Waals surface area contributed by atoms with E-state index in [1.54, 1.807) is 0 Å². The highest BCUT2D eigenvalue weighted by Gasteiger charge is 2.18. The van der Waals surface area contributed by atoms with E-state index < -0.39 is 0 Å². The topological polar surface area (TPSA) is 69.8 Å². The van der Waals surface area contributed by atoms with Crippen LogP contribution >= 0.6 is 12.4 Å². The number of amides is 1. The number of carbonyl (C=O) groups excluding carboxylic acids is 1. The van der Waals surface area contributed by atoms with E-state index in [0.29, 0.717) is 12.3 Å². The summed E-state index contributed by atoms with van der Waals surface area (Å²) in [6, 6.07) is 10.1. The fourth-order valence-electron chi connectivity index (χ4n) is 3.41. The minimum Gasteiger partial charge on any atom is -0.346 e. The maximum absolute atomic E-state index is 12.3. The second kappa shape index (κ2) is 10.3. The van der Waals surface area contributed by atoms with Crippen LogP contribution in [0.3, 0.4) is 0 Å². The van der Waals surface area contributed by atoms with Crippen molar-refractivity contribution < 1.29 is 4.79 Å². The van der Waals surface area contributed by atoms with E-state index in [2.05, 4.69) is 39.7 Å². The van der Waals surface area contributed by atoms with Gasteiger partial charge in [-0.3, -0.25) is 4.79 Å². The molecule has 1 amide bonds. The van der Waals surface area contributed by atoms with Crippen LogP contribution in [-0.2, 0) is 4.79 Å². The Balaban J connectivity index is 0.00000243. The van der Waals surface area contributed by atoms with Crippen LogP contribution in [0.1, 0.15) is 50.9 Å². The SMILES string of the molecule is CCC(NC(=O)CCC1CCNCC1)c1ncc(-c2ccccc2)[nH]1.Cl. The number of hydrogen-bond donors (Lipinski definition) is 3. The van der Waals surface area contributed by atoms with Crippen LogP contribution in [0.25, 0.3) is 11.3 Å². The molecule has 0 bridgehead atoms. The number of nitrogens with zero attached hydrogens (tertiary/aromatic N) is 1. The minimum absolute atomic E-state index is 0. The van der Waals surface area contributed by atoms with Gasteiger partial charge in [0.05, 0.1) is 17.9 Å².